The molecule has 0 heterocycles. The Balaban J connectivity index is 3.28. The van der Waals surface area contributed by atoms with Crippen LogP contribution in [0.15, 0.2) is 5.16 Å². The average Bonchev–Trinajstić information content (AvgIpc) is 1.63. The summed E-state index contributed by atoms with van der Waals surface area (Å²) in [5, 5.41) is 2.80. The highest BCUT2D eigenvalue weighted by Gasteiger charge is 2.28. The Morgan fingerprint density at radius 3 is 2.44 bits per heavy atom. The van der Waals surface area contributed by atoms with Crippen LogP contribution in [0.4, 0.5) is 13.2 Å². The lowest BCUT2D eigenvalue weighted by Crippen LogP contribution is -2.14. The van der Waals surface area contributed by atoms with E-state index in [1.54, 1.807) is 0 Å². The van der Waals surface area contributed by atoms with Gasteiger partial charge >= 0.3 is 6.18 Å². The van der Waals surface area contributed by atoms with Crippen molar-refractivity contribution < 1.29 is 18.0 Å². The number of hydrogen-bond acceptors (Lipinski definition) is 2. The molecule has 0 aliphatic heterocycles. The van der Waals surface area contributed by atoms with Gasteiger partial charge in [0.05, 0.1) is 0 Å². The van der Waals surface area contributed by atoms with Crippen LogP contribution in [0, 0.1) is 6.92 Å². The molecule has 0 aromatic carbocycles. The summed E-state index contributed by atoms with van der Waals surface area (Å²) in [7, 11) is 0. The first kappa shape index (κ1) is 8.26. The minimum atomic E-state index is -4.31. The molecule has 0 aromatic heterocycles. The third-order valence-electron chi connectivity index (χ3n) is 0.377. The molecule has 0 rings (SSSR count). The van der Waals surface area contributed by atoms with E-state index in [-0.39, 0.29) is 0 Å². The van der Waals surface area contributed by atoms with Gasteiger partial charge in [-0.2, -0.15) is 13.2 Å². The summed E-state index contributed by atoms with van der Waals surface area (Å²) in [6.07, 6.45) is -3.42. The molecule has 0 amide bonds. The second-order valence-electron chi connectivity index (χ2n) is 1.18. The van der Waals surface area contributed by atoms with Crippen LogP contribution >= 0.6 is 0 Å². The second kappa shape index (κ2) is 3.32. The van der Waals surface area contributed by atoms with E-state index in [0.29, 0.717) is 0 Å². The summed E-state index contributed by atoms with van der Waals surface area (Å²) in [5.74, 6) is 0. The maximum Gasteiger partial charge on any atom is 0.425 e. The maximum atomic E-state index is 11.2. The SMILES string of the molecule is [CH2]/C=N/OCC(F)(F)F. The smallest absolute Gasteiger partial charge is 0.386 e. The molecule has 0 fully saturated rings. The number of rotatable bonds is 2. The Bertz CT molecular complexity index is 98.5. The molecule has 0 aliphatic rings. The van der Waals surface area contributed by atoms with Crippen molar-refractivity contribution in [3.63, 3.8) is 0 Å². The van der Waals surface area contributed by atoms with Gasteiger partial charge in [0, 0.05) is 6.21 Å². The normalized spacial score (nSPS) is 12.4. The monoisotopic (exact) mass is 140 g/mol. The van der Waals surface area contributed by atoms with Crippen LogP contribution in [-0.4, -0.2) is 19.0 Å². The first-order valence-corrected chi connectivity index (χ1v) is 2.06. The molecule has 5 heteroatoms. The van der Waals surface area contributed by atoms with E-state index < -0.39 is 12.8 Å². The van der Waals surface area contributed by atoms with Crippen LogP contribution in [0.3, 0.4) is 0 Å². The van der Waals surface area contributed by atoms with Crippen molar-refractivity contribution in [2.24, 2.45) is 5.16 Å². The van der Waals surface area contributed by atoms with Crippen molar-refractivity contribution >= 4 is 6.21 Å². The second-order valence-corrected chi connectivity index (χ2v) is 1.18. The predicted molar refractivity (Wildman–Crippen MR) is 25.9 cm³/mol. The predicted octanol–water partition coefficient (Wildman–Crippen LogP) is 1.39. The van der Waals surface area contributed by atoms with Crippen molar-refractivity contribution in [3.05, 3.63) is 6.92 Å². The Hall–Kier alpha value is -0.740. The highest BCUT2D eigenvalue weighted by Crippen LogP contribution is 2.13. The number of alkyl halides is 3. The molecule has 0 N–H and O–H groups in total. The molecule has 0 saturated carbocycles. The Morgan fingerprint density at radius 1 is 1.56 bits per heavy atom. The summed E-state index contributed by atoms with van der Waals surface area (Å²) in [5.41, 5.74) is 0. The summed E-state index contributed by atoms with van der Waals surface area (Å²) in [6.45, 7) is 1.66. The van der Waals surface area contributed by atoms with Gasteiger partial charge in [-0.25, -0.2) is 0 Å². The van der Waals surface area contributed by atoms with Gasteiger partial charge in [-0.15, -0.1) is 0 Å². The van der Waals surface area contributed by atoms with Gasteiger partial charge in [-0.1, -0.05) is 5.16 Å². The third-order valence-corrected chi connectivity index (χ3v) is 0.377. The molecule has 9 heavy (non-hydrogen) atoms. The highest BCUT2D eigenvalue weighted by molar-refractivity contribution is 5.60. The lowest BCUT2D eigenvalue weighted by atomic mass is 10.7. The van der Waals surface area contributed by atoms with Gasteiger partial charge in [0.1, 0.15) is 0 Å². The van der Waals surface area contributed by atoms with E-state index in [4.69, 9.17) is 0 Å². The molecule has 1 radical (unpaired) electrons. The van der Waals surface area contributed by atoms with Crippen LogP contribution in [0.5, 0.6) is 0 Å². The number of halogens is 3. The van der Waals surface area contributed by atoms with E-state index in [1.165, 1.54) is 0 Å². The number of oxime groups is 1. The molecule has 0 saturated heterocycles. The molecule has 0 aliphatic carbocycles. The average molecular weight is 140 g/mol. The third kappa shape index (κ3) is 7.26. The van der Waals surface area contributed by atoms with Crippen molar-refractivity contribution in [2.75, 3.05) is 6.61 Å². The molecule has 2 nitrogen and oxygen atoms in total. The standard InChI is InChI=1S/C4H5F3NO/c1-2-8-9-3-4(5,6)7/h2H,1,3H2/b8-2+. The van der Waals surface area contributed by atoms with Crippen LogP contribution in [-0.2, 0) is 4.84 Å². The first-order chi connectivity index (χ1) is 4.06. The zero-order valence-electron chi connectivity index (χ0n) is 4.48. The minimum Gasteiger partial charge on any atom is -0.386 e. The topological polar surface area (TPSA) is 21.6 Å². The van der Waals surface area contributed by atoms with E-state index in [1.807, 2.05) is 0 Å². The van der Waals surface area contributed by atoms with Crippen molar-refractivity contribution in [1.82, 2.24) is 0 Å². The van der Waals surface area contributed by atoms with Crippen LogP contribution in [0.2, 0.25) is 0 Å². The van der Waals surface area contributed by atoms with Crippen molar-refractivity contribution in [1.29, 1.82) is 0 Å². The van der Waals surface area contributed by atoms with Gasteiger partial charge in [0.2, 0.25) is 6.61 Å². The zero-order valence-corrected chi connectivity index (χ0v) is 4.48. The summed E-state index contributed by atoms with van der Waals surface area (Å²) in [4.78, 5) is 3.73. The Labute approximate surface area is 50.3 Å². The molecule has 0 unspecified atom stereocenters. The maximum absolute atomic E-state index is 11.2. The van der Waals surface area contributed by atoms with Gasteiger partial charge in [0.15, 0.2) is 0 Å². The highest BCUT2D eigenvalue weighted by atomic mass is 19.4. The van der Waals surface area contributed by atoms with Crippen LogP contribution < -0.4 is 0 Å². The van der Waals surface area contributed by atoms with E-state index in [2.05, 4.69) is 16.9 Å². The fourth-order valence-electron chi connectivity index (χ4n) is 0.163. The van der Waals surface area contributed by atoms with Crippen molar-refractivity contribution in [2.45, 2.75) is 6.18 Å². The van der Waals surface area contributed by atoms with E-state index in [0.717, 1.165) is 6.21 Å². The fraction of sp³-hybridized carbons (Fsp3) is 0.500. The van der Waals surface area contributed by atoms with Gasteiger partial charge in [0.25, 0.3) is 0 Å². The van der Waals surface area contributed by atoms with Crippen molar-refractivity contribution in [3.8, 4) is 0 Å². The quantitative estimate of drug-likeness (QED) is 0.419. The Morgan fingerprint density at radius 2 is 2.11 bits per heavy atom. The molecule has 0 spiro atoms. The van der Waals surface area contributed by atoms with Gasteiger partial charge in [-0.3, -0.25) is 0 Å². The Kier molecular flexibility index (Phi) is 3.05. The van der Waals surface area contributed by atoms with Gasteiger partial charge in [-0.05, 0) is 6.92 Å². The molecule has 0 atom stereocenters. The van der Waals surface area contributed by atoms with Crippen LogP contribution in [0.25, 0.3) is 0 Å². The molecular weight excluding hydrogens is 135 g/mol. The number of nitrogens with zero attached hydrogens (tertiary/aromatic N) is 1. The zero-order chi connectivity index (χ0) is 7.33. The van der Waals surface area contributed by atoms with E-state index in [9.17, 15) is 13.2 Å². The number of hydrogen-bond donors (Lipinski definition) is 0. The lowest BCUT2D eigenvalue weighted by Gasteiger charge is -2.01. The molecule has 0 bridgehead atoms. The minimum absolute atomic E-state index is 0.895. The van der Waals surface area contributed by atoms with E-state index >= 15 is 0 Å². The van der Waals surface area contributed by atoms with Crippen LogP contribution in [0.1, 0.15) is 0 Å². The van der Waals surface area contributed by atoms with Gasteiger partial charge < -0.3 is 4.84 Å². The molecule has 53 valence electrons. The molecular formula is C4H5F3NO. The summed E-state index contributed by atoms with van der Waals surface area (Å²) >= 11 is 0. The fourth-order valence-corrected chi connectivity index (χ4v) is 0.163. The molecule has 0 aromatic rings. The first-order valence-electron chi connectivity index (χ1n) is 2.06. The summed E-state index contributed by atoms with van der Waals surface area (Å²) < 4.78 is 33.5. The largest absolute Gasteiger partial charge is 0.425 e. The summed E-state index contributed by atoms with van der Waals surface area (Å²) in [6, 6.07) is 0. The lowest BCUT2D eigenvalue weighted by molar-refractivity contribution is -0.173.